The molecule has 1 aromatic carbocycles. The fourth-order valence-electron chi connectivity index (χ4n) is 2.59. The summed E-state index contributed by atoms with van der Waals surface area (Å²) in [5.74, 6) is 1.07. The molecule has 0 spiro atoms. The van der Waals surface area contributed by atoms with Crippen molar-refractivity contribution >= 4 is 17.3 Å². The third kappa shape index (κ3) is 2.92. The number of nitrogens with one attached hydrogen (secondary N) is 1. The molecule has 17 heavy (non-hydrogen) atoms. The molecule has 2 rings (SSSR count). The van der Waals surface area contributed by atoms with Crippen molar-refractivity contribution in [2.24, 2.45) is 11.8 Å². The highest BCUT2D eigenvalue weighted by Crippen LogP contribution is 2.33. The Labute approximate surface area is 107 Å². The van der Waals surface area contributed by atoms with E-state index in [1.54, 1.807) is 6.07 Å². The van der Waals surface area contributed by atoms with Crippen LogP contribution < -0.4 is 5.32 Å². The van der Waals surface area contributed by atoms with Crippen LogP contribution in [0.15, 0.2) is 18.2 Å². The maximum atomic E-state index is 13.2. The number of anilines is 1. The second kappa shape index (κ2) is 5.26. The van der Waals surface area contributed by atoms with E-state index in [1.807, 2.05) is 0 Å². The molecule has 1 N–H and O–H groups in total. The van der Waals surface area contributed by atoms with Crippen LogP contribution in [0.2, 0.25) is 5.02 Å². The Morgan fingerprint density at radius 1 is 1.29 bits per heavy atom. The van der Waals surface area contributed by atoms with Crippen molar-refractivity contribution in [1.82, 2.24) is 0 Å². The normalized spacial score (nSPS) is 29.1. The zero-order valence-electron chi connectivity index (χ0n) is 10.3. The van der Waals surface area contributed by atoms with Crippen molar-refractivity contribution in [3.05, 3.63) is 29.0 Å². The van der Waals surface area contributed by atoms with Crippen LogP contribution in [0.1, 0.15) is 33.1 Å². The van der Waals surface area contributed by atoms with Gasteiger partial charge >= 0.3 is 0 Å². The average Bonchev–Trinajstić information content (AvgIpc) is 2.30. The van der Waals surface area contributed by atoms with Crippen LogP contribution in [0.25, 0.3) is 0 Å². The SMILES string of the molecule is CC1CCCC(Nc2cc(F)ccc2Cl)C1C. The highest BCUT2D eigenvalue weighted by atomic mass is 35.5. The van der Waals surface area contributed by atoms with Crippen LogP contribution in [0, 0.1) is 17.7 Å². The van der Waals surface area contributed by atoms with Gasteiger partial charge in [-0.05, 0) is 36.5 Å². The molecular formula is C14H19ClFN. The molecule has 0 bridgehead atoms. The van der Waals surface area contributed by atoms with E-state index in [0.717, 1.165) is 12.1 Å². The number of hydrogen-bond acceptors (Lipinski definition) is 1. The minimum atomic E-state index is -0.242. The summed E-state index contributed by atoms with van der Waals surface area (Å²) < 4.78 is 13.2. The zero-order valence-corrected chi connectivity index (χ0v) is 11.1. The maximum absolute atomic E-state index is 13.2. The molecule has 0 aliphatic heterocycles. The van der Waals surface area contributed by atoms with Crippen molar-refractivity contribution in [3.8, 4) is 0 Å². The Hall–Kier alpha value is -0.760. The summed E-state index contributed by atoms with van der Waals surface area (Å²) in [6, 6.07) is 4.88. The molecule has 3 heteroatoms. The molecule has 1 aromatic rings. The summed E-state index contributed by atoms with van der Waals surface area (Å²) in [6.07, 6.45) is 3.66. The van der Waals surface area contributed by atoms with E-state index in [4.69, 9.17) is 11.6 Å². The molecule has 1 aliphatic carbocycles. The van der Waals surface area contributed by atoms with E-state index < -0.39 is 0 Å². The molecule has 0 heterocycles. The van der Waals surface area contributed by atoms with Gasteiger partial charge in [-0.1, -0.05) is 38.3 Å². The van der Waals surface area contributed by atoms with Crippen LogP contribution in [-0.2, 0) is 0 Å². The van der Waals surface area contributed by atoms with Crippen LogP contribution in [-0.4, -0.2) is 6.04 Å². The Bertz CT molecular complexity index is 394. The number of hydrogen-bond donors (Lipinski definition) is 1. The van der Waals surface area contributed by atoms with Gasteiger partial charge in [0.15, 0.2) is 0 Å². The zero-order chi connectivity index (χ0) is 12.4. The Balaban J connectivity index is 2.11. The average molecular weight is 256 g/mol. The van der Waals surface area contributed by atoms with Crippen molar-refractivity contribution in [1.29, 1.82) is 0 Å². The second-order valence-corrected chi connectivity index (χ2v) is 5.55. The largest absolute Gasteiger partial charge is 0.381 e. The van der Waals surface area contributed by atoms with Gasteiger partial charge in [0.25, 0.3) is 0 Å². The van der Waals surface area contributed by atoms with E-state index in [0.29, 0.717) is 22.9 Å². The molecular weight excluding hydrogens is 237 g/mol. The van der Waals surface area contributed by atoms with Crippen molar-refractivity contribution in [2.45, 2.75) is 39.2 Å². The molecule has 0 amide bonds. The predicted molar refractivity (Wildman–Crippen MR) is 71.0 cm³/mol. The van der Waals surface area contributed by atoms with E-state index in [-0.39, 0.29) is 5.82 Å². The minimum Gasteiger partial charge on any atom is -0.381 e. The van der Waals surface area contributed by atoms with Crippen LogP contribution in [0.4, 0.5) is 10.1 Å². The molecule has 0 radical (unpaired) electrons. The standard InChI is InChI=1S/C14H19ClFN/c1-9-4-3-5-13(10(9)2)17-14-8-11(16)6-7-12(14)15/h6-10,13,17H,3-5H2,1-2H3. The quantitative estimate of drug-likeness (QED) is 0.807. The van der Waals surface area contributed by atoms with Gasteiger partial charge in [0.2, 0.25) is 0 Å². The lowest BCUT2D eigenvalue weighted by atomic mass is 9.78. The van der Waals surface area contributed by atoms with Gasteiger partial charge in [-0.2, -0.15) is 0 Å². The third-order valence-corrected chi connectivity index (χ3v) is 4.31. The molecule has 1 aliphatic rings. The molecule has 1 saturated carbocycles. The van der Waals surface area contributed by atoms with Crippen molar-refractivity contribution < 1.29 is 4.39 Å². The third-order valence-electron chi connectivity index (χ3n) is 3.98. The second-order valence-electron chi connectivity index (χ2n) is 5.14. The van der Waals surface area contributed by atoms with Gasteiger partial charge in [-0.15, -0.1) is 0 Å². The van der Waals surface area contributed by atoms with Gasteiger partial charge in [0, 0.05) is 6.04 Å². The lowest BCUT2D eigenvalue weighted by molar-refractivity contribution is 0.253. The first-order valence-electron chi connectivity index (χ1n) is 6.29. The molecule has 0 saturated heterocycles. The van der Waals surface area contributed by atoms with Crippen LogP contribution in [0.5, 0.6) is 0 Å². The molecule has 1 nitrogen and oxygen atoms in total. The molecule has 3 unspecified atom stereocenters. The molecule has 0 aromatic heterocycles. The summed E-state index contributed by atoms with van der Waals surface area (Å²) >= 11 is 6.07. The van der Waals surface area contributed by atoms with Crippen molar-refractivity contribution in [2.75, 3.05) is 5.32 Å². The van der Waals surface area contributed by atoms with Gasteiger partial charge in [0.1, 0.15) is 5.82 Å². The Kier molecular flexibility index (Phi) is 3.93. The van der Waals surface area contributed by atoms with E-state index in [2.05, 4.69) is 19.2 Å². The topological polar surface area (TPSA) is 12.0 Å². The molecule has 94 valence electrons. The lowest BCUT2D eigenvalue weighted by Crippen LogP contribution is -2.35. The van der Waals surface area contributed by atoms with Crippen LogP contribution >= 0.6 is 11.6 Å². The first-order chi connectivity index (χ1) is 8.08. The fraction of sp³-hybridized carbons (Fsp3) is 0.571. The smallest absolute Gasteiger partial charge is 0.125 e. The molecule has 1 fully saturated rings. The van der Waals surface area contributed by atoms with E-state index >= 15 is 0 Å². The van der Waals surface area contributed by atoms with E-state index in [9.17, 15) is 4.39 Å². The maximum Gasteiger partial charge on any atom is 0.125 e. The monoisotopic (exact) mass is 255 g/mol. The summed E-state index contributed by atoms with van der Waals surface area (Å²) in [7, 11) is 0. The summed E-state index contributed by atoms with van der Waals surface area (Å²) in [6.45, 7) is 4.54. The van der Waals surface area contributed by atoms with Crippen LogP contribution in [0.3, 0.4) is 0 Å². The molecule has 3 atom stereocenters. The first kappa shape index (κ1) is 12.7. The number of halogens is 2. The number of benzene rings is 1. The fourth-order valence-corrected chi connectivity index (χ4v) is 2.77. The highest BCUT2D eigenvalue weighted by Gasteiger charge is 2.27. The lowest BCUT2D eigenvalue weighted by Gasteiger charge is -2.35. The minimum absolute atomic E-state index is 0.242. The first-order valence-corrected chi connectivity index (χ1v) is 6.67. The predicted octanol–water partition coefficient (Wildman–Crippen LogP) is 4.72. The van der Waals surface area contributed by atoms with Crippen molar-refractivity contribution in [3.63, 3.8) is 0 Å². The summed E-state index contributed by atoms with van der Waals surface area (Å²) in [4.78, 5) is 0. The van der Waals surface area contributed by atoms with Gasteiger partial charge in [0.05, 0.1) is 10.7 Å². The van der Waals surface area contributed by atoms with Gasteiger partial charge in [-0.25, -0.2) is 4.39 Å². The Morgan fingerprint density at radius 2 is 2.06 bits per heavy atom. The summed E-state index contributed by atoms with van der Waals surface area (Å²) in [5.41, 5.74) is 0.720. The van der Waals surface area contributed by atoms with Gasteiger partial charge < -0.3 is 5.32 Å². The number of rotatable bonds is 2. The van der Waals surface area contributed by atoms with E-state index in [1.165, 1.54) is 25.0 Å². The summed E-state index contributed by atoms with van der Waals surface area (Å²) in [5, 5.41) is 3.99. The Morgan fingerprint density at radius 3 is 2.82 bits per heavy atom. The highest BCUT2D eigenvalue weighted by molar-refractivity contribution is 6.33. The van der Waals surface area contributed by atoms with Gasteiger partial charge in [-0.3, -0.25) is 0 Å².